The summed E-state index contributed by atoms with van der Waals surface area (Å²) in [6.07, 6.45) is 2.21. The van der Waals surface area contributed by atoms with E-state index in [0.29, 0.717) is 12.1 Å². The first kappa shape index (κ1) is 12.4. The highest BCUT2D eigenvalue weighted by Crippen LogP contribution is 2.26. The van der Waals surface area contributed by atoms with E-state index in [2.05, 4.69) is 40.3 Å². The van der Waals surface area contributed by atoms with E-state index in [1.54, 1.807) is 0 Å². The molecular weight excluding hydrogens is 262 g/mol. The second-order valence-electron chi connectivity index (χ2n) is 4.58. The summed E-state index contributed by atoms with van der Waals surface area (Å²) in [5.74, 6) is 0. The lowest BCUT2D eigenvalue weighted by Crippen LogP contribution is -2.33. The van der Waals surface area contributed by atoms with Crippen molar-refractivity contribution in [3.8, 4) is 0 Å². The van der Waals surface area contributed by atoms with Crippen molar-refractivity contribution < 1.29 is 4.74 Å². The Morgan fingerprint density at radius 2 is 2.17 bits per heavy atom. The Bertz CT molecular complexity index is 446. The molecule has 1 N–H and O–H groups in total. The third-order valence-electron chi connectivity index (χ3n) is 3.24. The second-order valence-corrected chi connectivity index (χ2v) is 6.59. The van der Waals surface area contributed by atoms with Crippen molar-refractivity contribution in [1.29, 1.82) is 0 Å². The van der Waals surface area contributed by atoms with Crippen LogP contribution in [0.15, 0.2) is 35.0 Å². The molecule has 0 saturated carbocycles. The van der Waals surface area contributed by atoms with E-state index >= 15 is 0 Å². The molecule has 0 spiro atoms. The van der Waals surface area contributed by atoms with Crippen LogP contribution >= 0.6 is 22.7 Å². The van der Waals surface area contributed by atoms with E-state index in [1.165, 1.54) is 9.75 Å². The number of ether oxygens (including phenoxy) is 1. The summed E-state index contributed by atoms with van der Waals surface area (Å²) in [5, 5.41) is 8.06. The van der Waals surface area contributed by atoms with Crippen LogP contribution in [0, 0.1) is 0 Å². The molecule has 0 aliphatic carbocycles. The summed E-state index contributed by atoms with van der Waals surface area (Å²) in [4.78, 5) is 2.87. The van der Waals surface area contributed by atoms with Crippen LogP contribution in [0.3, 0.4) is 0 Å². The van der Waals surface area contributed by atoms with Gasteiger partial charge in [-0.25, -0.2) is 0 Å². The Hall–Kier alpha value is -0.680. The zero-order valence-electron chi connectivity index (χ0n) is 10.2. The van der Waals surface area contributed by atoms with Crippen molar-refractivity contribution in [1.82, 2.24) is 5.32 Å². The molecule has 0 bridgehead atoms. The summed E-state index contributed by atoms with van der Waals surface area (Å²) in [7, 11) is 0. The van der Waals surface area contributed by atoms with Crippen LogP contribution in [-0.4, -0.2) is 19.3 Å². The molecule has 1 saturated heterocycles. The summed E-state index contributed by atoms with van der Waals surface area (Å²) in [5.41, 5.74) is 0. The zero-order valence-corrected chi connectivity index (χ0v) is 11.8. The molecule has 2 nitrogen and oxygen atoms in total. The predicted molar refractivity (Wildman–Crippen MR) is 77.4 cm³/mol. The van der Waals surface area contributed by atoms with Crippen molar-refractivity contribution in [3.05, 3.63) is 44.8 Å². The molecule has 0 amide bonds. The quantitative estimate of drug-likeness (QED) is 0.905. The van der Waals surface area contributed by atoms with E-state index in [0.717, 1.165) is 26.1 Å². The monoisotopic (exact) mass is 279 g/mol. The van der Waals surface area contributed by atoms with Gasteiger partial charge in [-0.05, 0) is 29.3 Å². The summed E-state index contributed by atoms with van der Waals surface area (Å²) >= 11 is 3.68. The van der Waals surface area contributed by atoms with Gasteiger partial charge < -0.3 is 10.1 Å². The second kappa shape index (κ2) is 5.97. The number of hydrogen-bond donors (Lipinski definition) is 1. The molecule has 2 aromatic rings. The molecule has 2 atom stereocenters. The fourth-order valence-electron chi connectivity index (χ4n) is 2.31. The van der Waals surface area contributed by atoms with Gasteiger partial charge in [-0.3, -0.25) is 0 Å². The van der Waals surface area contributed by atoms with Gasteiger partial charge in [0.25, 0.3) is 0 Å². The van der Waals surface area contributed by atoms with Crippen molar-refractivity contribution in [2.24, 2.45) is 0 Å². The first-order chi connectivity index (χ1) is 8.92. The van der Waals surface area contributed by atoms with Gasteiger partial charge in [0.1, 0.15) is 0 Å². The summed E-state index contributed by atoms with van der Waals surface area (Å²) in [6, 6.07) is 9.65. The van der Waals surface area contributed by atoms with Crippen molar-refractivity contribution in [2.45, 2.75) is 24.9 Å². The van der Waals surface area contributed by atoms with Gasteiger partial charge in [0.05, 0.1) is 6.61 Å². The van der Waals surface area contributed by atoms with Crippen LogP contribution in [0.5, 0.6) is 0 Å². The smallest absolute Gasteiger partial charge is 0.0620 e. The highest BCUT2D eigenvalue weighted by Gasteiger charge is 2.21. The standard InChI is InChI=1S/C14H17NOS2/c1-3-12(17-7-1)9-13(14-4-2-8-18-14)15-11-5-6-16-10-11/h1-4,7-8,11,13,15H,5-6,9-10H2. The highest BCUT2D eigenvalue weighted by molar-refractivity contribution is 7.10. The van der Waals surface area contributed by atoms with Crippen LogP contribution in [0.25, 0.3) is 0 Å². The maximum atomic E-state index is 5.45. The Balaban J connectivity index is 1.71. The van der Waals surface area contributed by atoms with E-state index < -0.39 is 0 Å². The molecule has 18 heavy (non-hydrogen) atoms. The van der Waals surface area contributed by atoms with Gasteiger partial charge in [0, 0.05) is 34.9 Å². The van der Waals surface area contributed by atoms with Crippen LogP contribution in [-0.2, 0) is 11.2 Å². The van der Waals surface area contributed by atoms with E-state index in [9.17, 15) is 0 Å². The number of rotatable bonds is 5. The number of nitrogens with one attached hydrogen (secondary N) is 1. The molecule has 1 aliphatic heterocycles. The van der Waals surface area contributed by atoms with Gasteiger partial charge in [0.2, 0.25) is 0 Å². The first-order valence-corrected chi connectivity index (χ1v) is 8.07. The molecule has 0 aromatic carbocycles. The van der Waals surface area contributed by atoms with Gasteiger partial charge >= 0.3 is 0 Å². The Labute approximate surface area is 116 Å². The maximum absolute atomic E-state index is 5.45. The number of hydrogen-bond acceptors (Lipinski definition) is 4. The zero-order chi connectivity index (χ0) is 12.2. The molecular formula is C14H17NOS2. The molecule has 0 radical (unpaired) electrons. The Morgan fingerprint density at radius 3 is 2.83 bits per heavy atom. The van der Waals surface area contributed by atoms with Gasteiger partial charge in [-0.1, -0.05) is 12.1 Å². The first-order valence-electron chi connectivity index (χ1n) is 6.31. The van der Waals surface area contributed by atoms with Crippen molar-refractivity contribution in [2.75, 3.05) is 13.2 Å². The average molecular weight is 279 g/mol. The molecule has 3 rings (SSSR count). The van der Waals surface area contributed by atoms with Crippen LogP contribution < -0.4 is 5.32 Å². The minimum Gasteiger partial charge on any atom is -0.380 e. The minimum absolute atomic E-state index is 0.426. The molecule has 96 valence electrons. The van der Waals surface area contributed by atoms with E-state index in [-0.39, 0.29) is 0 Å². The Kier molecular flexibility index (Phi) is 4.10. The normalized spacial score (nSPS) is 21.2. The topological polar surface area (TPSA) is 21.3 Å². The lowest BCUT2D eigenvalue weighted by atomic mass is 10.1. The minimum atomic E-state index is 0.426. The van der Waals surface area contributed by atoms with Crippen LogP contribution in [0.1, 0.15) is 22.2 Å². The van der Waals surface area contributed by atoms with Gasteiger partial charge in [0.15, 0.2) is 0 Å². The van der Waals surface area contributed by atoms with Crippen molar-refractivity contribution in [3.63, 3.8) is 0 Å². The van der Waals surface area contributed by atoms with Gasteiger partial charge in [-0.2, -0.15) is 0 Å². The highest BCUT2D eigenvalue weighted by atomic mass is 32.1. The van der Waals surface area contributed by atoms with E-state index in [1.807, 2.05) is 22.7 Å². The predicted octanol–water partition coefficient (Wildman–Crippen LogP) is 3.47. The van der Waals surface area contributed by atoms with Gasteiger partial charge in [-0.15, -0.1) is 22.7 Å². The molecule has 1 aliphatic rings. The molecule has 2 aromatic heterocycles. The fraction of sp³-hybridized carbons (Fsp3) is 0.429. The molecule has 2 unspecified atom stereocenters. The fourth-order valence-corrected chi connectivity index (χ4v) is 3.85. The molecule has 3 heterocycles. The Morgan fingerprint density at radius 1 is 1.28 bits per heavy atom. The lowest BCUT2D eigenvalue weighted by Gasteiger charge is -2.20. The third-order valence-corrected chi connectivity index (χ3v) is 5.12. The number of thiophene rings is 2. The average Bonchev–Trinajstić information content (AvgIpc) is 3.13. The molecule has 4 heteroatoms. The van der Waals surface area contributed by atoms with Crippen LogP contribution in [0.4, 0.5) is 0 Å². The largest absolute Gasteiger partial charge is 0.380 e. The SMILES string of the molecule is c1csc(CC(NC2CCOC2)c2cccs2)c1. The van der Waals surface area contributed by atoms with Crippen LogP contribution in [0.2, 0.25) is 0 Å². The third kappa shape index (κ3) is 3.01. The summed E-state index contributed by atoms with van der Waals surface area (Å²) in [6.45, 7) is 1.75. The molecule has 1 fully saturated rings. The van der Waals surface area contributed by atoms with Crippen molar-refractivity contribution >= 4 is 22.7 Å². The van der Waals surface area contributed by atoms with E-state index in [4.69, 9.17) is 4.74 Å². The summed E-state index contributed by atoms with van der Waals surface area (Å²) < 4.78 is 5.45. The lowest BCUT2D eigenvalue weighted by molar-refractivity contribution is 0.188. The maximum Gasteiger partial charge on any atom is 0.0620 e.